The number of Topliss-reactive ketones (excluding diaryl/α,β-unsaturated/α-hetero) is 1. The van der Waals surface area contributed by atoms with Crippen molar-refractivity contribution in [1.29, 1.82) is 0 Å². The van der Waals surface area contributed by atoms with Gasteiger partial charge in [-0.1, -0.05) is 27.7 Å². The quantitative estimate of drug-likeness (QED) is 0.610. The molecule has 0 amide bonds. The Balaban J connectivity index is 3.04. The predicted octanol–water partition coefficient (Wildman–Crippen LogP) is 3.79. The monoisotopic (exact) mass is 216 g/mol. The number of ketones is 1. The Morgan fingerprint density at radius 2 is 1.64 bits per heavy atom. The Kier molecular flexibility index (Phi) is 2.78. The van der Waals surface area contributed by atoms with Crippen molar-refractivity contribution in [3.63, 3.8) is 0 Å². The van der Waals surface area contributed by atoms with Crippen LogP contribution in [0.25, 0.3) is 0 Å². The van der Waals surface area contributed by atoms with E-state index in [1.54, 1.807) is 6.92 Å². The van der Waals surface area contributed by atoms with E-state index < -0.39 is 4.87 Å². The largest absolute Gasteiger partial charge is 0.298 e. The maximum Gasteiger partial charge on any atom is 0.151 e. The maximum atomic E-state index is 11.7. The van der Waals surface area contributed by atoms with Gasteiger partial charge in [0, 0.05) is 0 Å². The summed E-state index contributed by atoms with van der Waals surface area (Å²) in [6, 6.07) is 0. The maximum absolute atomic E-state index is 11.7. The summed E-state index contributed by atoms with van der Waals surface area (Å²) < 4.78 is 0. The minimum atomic E-state index is -0.658. The van der Waals surface area contributed by atoms with Crippen molar-refractivity contribution in [2.75, 3.05) is 0 Å². The Hall–Kier alpha value is -0.0400. The number of hydrogen-bond donors (Lipinski definition) is 0. The van der Waals surface area contributed by atoms with Crippen molar-refractivity contribution in [2.45, 2.75) is 58.8 Å². The molecule has 0 aromatic rings. The minimum absolute atomic E-state index is 0.0735. The second-order valence-corrected chi connectivity index (χ2v) is 6.73. The third-order valence-electron chi connectivity index (χ3n) is 3.78. The Morgan fingerprint density at radius 1 is 1.14 bits per heavy atom. The topological polar surface area (TPSA) is 17.1 Å². The van der Waals surface area contributed by atoms with Crippen LogP contribution in [0.3, 0.4) is 0 Å². The Bertz CT molecular complexity index is 255. The SMILES string of the molecule is CC(=O)C1(Cl)CC(C)(C)CCC1(C)C. The highest BCUT2D eigenvalue weighted by Gasteiger charge is 2.53. The van der Waals surface area contributed by atoms with Crippen LogP contribution in [-0.2, 0) is 4.79 Å². The number of rotatable bonds is 1. The number of carbonyl (C=O) groups is 1. The number of halogens is 1. The molecule has 14 heavy (non-hydrogen) atoms. The van der Waals surface area contributed by atoms with Crippen LogP contribution in [0.4, 0.5) is 0 Å². The zero-order valence-corrected chi connectivity index (χ0v) is 10.7. The van der Waals surface area contributed by atoms with Crippen LogP contribution in [0, 0.1) is 10.8 Å². The molecule has 1 aliphatic carbocycles. The molecule has 82 valence electrons. The predicted molar refractivity (Wildman–Crippen MR) is 60.7 cm³/mol. The van der Waals surface area contributed by atoms with Crippen molar-refractivity contribution in [1.82, 2.24) is 0 Å². The molecule has 0 radical (unpaired) electrons. The van der Waals surface area contributed by atoms with Gasteiger partial charge in [-0.15, -0.1) is 11.6 Å². The fourth-order valence-electron chi connectivity index (χ4n) is 2.44. The lowest BCUT2D eigenvalue weighted by Gasteiger charge is -2.50. The smallest absolute Gasteiger partial charge is 0.151 e. The molecule has 0 N–H and O–H groups in total. The van der Waals surface area contributed by atoms with Gasteiger partial charge in [-0.3, -0.25) is 4.79 Å². The molecular formula is C12H21ClO. The van der Waals surface area contributed by atoms with Gasteiger partial charge in [0.05, 0.1) is 0 Å². The average Bonchev–Trinajstić information content (AvgIpc) is 1.98. The standard InChI is InChI=1S/C12H21ClO/c1-9(14)12(13)8-10(2,3)6-7-11(12,4)5/h6-8H2,1-5H3. The minimum Gasteiger partial charge on any atom is -0.298 e. The van der Waals surface area contributed by atoms with Crippen LogP contribution < -0.4 is 0 Å². The molecule has 1 saturated carbocycles. The first-order valence-corrected chi connectivity index (χ1v) is 5.69. The first-order chi connectivity index (χ1) is 6.11. The molecule has 0 bridgehead atoms. The zero-order valence-electron chi connectivity index (χ0n) is 9.91. The van der Waals surface area contributed by atoms with Gasteiger partial charge in [-0.25, -0.2) is 0 Å². The van der Waals surface area contributed by atoms with Gasteiger partial charge < -0.3 is 0 Å². The summed E-state index contributed by atoms with van der Waals surface area (Å²) in [5.74, 6) is 0.122. The van der Waals surface area contributed by atoms with Crippen LogP contribution in [0.2, 0.25) is 0 Å². The van der Waals surface area contributed by atoms with E-state index in [0.29, 0.717) is 0 Å². The molecule has 1 unspecified atom stereocenters. The summed E-state index contributed by atoms with van der Waals surface area (Å²) in [7, 11) is 0. The van der Waals surface area contributed by atoms with Crippen molar-refractivity contribution in [3.05, 3.63) is 0 Å². The molecule has 0 spiro atoms. The lowest BCUT2D eigenvalue weighted by Crippen LogP contribution is -2.52. The van der Waals surface area contributed by atoms with E-state index in [1.807, 2.05) is 0 Å². The molecule has 0 aromatic carbocycles. The lowest BCUT2D eigenvalue weighted by atomic mass is 9.59. The normalized spacial score (nSPS) is 35.3. The van der Waals surface area contributed by atoms with Crippen LogP contribution in [-0.4, -0.2) is 10.7 Å². The number of hydrogen-bond acceptors (Lipinski definition) is 1. The fraction of sp³-hybridized carbons (Fsp3) is 0.917. The van der Waals surface area contributed by atoms with E-state index in [2.05, 4.69) is 27.7 Å². The summed E-state index contributed by atoms with van der Waals surface area (Å²) in [5.41, 5.74) is 0.124. The van der Waals surface area contributed by atoms with Gasteiger partial charge in [-0.2, -0.15) is 0 Å². The van der Waals surface area contributed by atoms with E-state index in [9.17, 15) is 4.79 Å². The molecule has 1 fully saturated rings. The molecule has 1 nitrogen and oxygen atoms in total. The van der Waals surface area contributed by atoms with Gasteiger partial charge in [0.1, 0.15) is 4.87 Å². The summed E-state index contributed by atoms with van der Waals surface area (Å²) in [6.07, 6.45) is 2.98. The Labute approximate surface area is 92.2 Å². The third-order valence-corrected chi connectivity index (χ3v) is 4.69. The van der Waals surface area contributed by atoms with E-state index in [4.69, 9.17) is 11.6 Å². The van der Waals surface area contributed by atoms with E-state index >= 15 is 0 Å². The molecule has 1 rings (SSSR count). The highest BCUT2D eigenvalue weighted by Crippen LogP contribution is 2.54. The molecule has 0 aliphatic heterocycles. The first-order valence-electron chi connectivity index (χ1n) is 5.31. The van der Waals surface area contributed by atoms with E-state index in [0.717, 1.165) is 19.3 Å². The molecule has 0 saturated heterocycles. The molecule has 0 heterocycles. The molecule has 1 atom stereocenters. The van der Waals surface area contributed by atoms with Crippen LogP contribution >= 0.6 is 11.6 Å². The Morgan fingerprint density at radius 3 is 2.00 bits per heavy atom. The van der Waals surface area contributed by atoms with Gasteiger partial charge in [0.25, 0.3) is 0 Å². The summed E-state index contributed by atoms with van der Waals surface area (Å²) in [4.78, 5) is 11.0. The number of carbonyl (C=O) groups excluding carboxylic acids is 1. The van der Waals surface area contributed by atoms with E-state index in [-0.39, 0.29) is 16.6 Å². The second-order valence-electron chi connectivity index (χ2n) is 6.08. The fourth-order valence-corrected chi connectivity index (χ4v) is 2.89. The van der Waals surface area contributed by atoms with Crippen molar-refractivity contribution >= 4 is 17.4 Å². The van der Waals surface area contributed by atoms with Crippen molar-refractivity contribution in [2.24, 2.45) is 10.8 Å². The highest BCUT2D eigenvalue weighted by atomic mass is 35.5. The first kappa shape index (κ1) is 12.0. The highest BCUT2D eigenvalue weighted by molar-refractivity contribution is 6.35. The van der Waals surface area contributed by atoms with Crippen LogP contribution in [0.5, 0.6) is 0 Å². The molecule has 0 aromatic heterocycles. The third kappa shape index (κ3) is 1.84. The van der Waals surface area contributed by atoms with Crippen molar-refractivity contribution < 1.29 is 4.79 Å². The van der Waals surface area contributed by atoms with Crippen molar-refractivity contribution in [3.8, 4) is 0 Å². The summed E-state index contributed by atoms with van der Waals surface area (Å²) in [6.45, 7) is 10.2. The summed E-state index contributed by atoms with van der Waals surface area (Å²) >= 11 is 6.54. The van der Waals surface area contributed by atoms with Gasteiger partial charge in [0.2, 0.25) is 0 Å². The van der Waals surface area contributed by atoms with Gasteiger partial charge in [-0.05, 0) is 37.0 Å². The lowest BCUT2D eigenvalue weighted by molar-refractivity contribution is -0.125. The van der Waals surface area contributed by atoms with E-state index in [1.165, 1.54) is 0 Å². The van der Waals surface area contributed by atoms with Gasteiger partial charge >= 0.3 is 0 Å². The second kappa shape index (κ2) is 3.23. The summed E-state index contributed by atoms with van der Waals surface area (Å²) in [5, 5.41) is 0. The average molecular weight is 217 g/mol. The van der Waals surface area contributed by atoms with Crippen LogP contribution in [0.1, 0.15) is 53.9 Å². The van der Waals surface area contributed by atoms with Crippen LogP contribution in [0.15, 0.2) is 0 Å². The molecular weight excluding hydrogens is 196 g/mol. The molecule has 2 heteroatoms. The zero-order chi connectivity index (χ0) is 11.2. The van der Waals surface area contributed by atoms with Gasteiger partial charge in [0.15, 0.2) is 5.78 Å². The number of alkyl halides is 1. The molecule has 1 aliphatic rings.